The lowest BCUT2D eigenvalue weighted by Gasteiger charge is -2.12. The molecule has 0 saturated carbocycles. The van der Waals surface area contributed by atoms with Crippen molar-refractivity contribution in [3.8, 4) is 56.4 Å². The zero-order valence-electron chi connectivity index (χ0n) is 33.9. The first-order valence-corrected chi connectivity index (χ1v) is 21.2. The Labute approximate surface area is 361 Å². The van der Waals surface area contributed by atoms with Crippen molar-refractivity contribution in [3.05, 3.63) is 212 Å². The van der Waals surface area contributed by atoms with Gasteiger partial charge in [0.1, 0.15) is 16.9 Å². The number of aromatic nitrogens is 5. The molecule has 0 aliphatic heterocycles. The van der Waals surface area contributed by atoms with Crippen LogP contribution in [-0.2, 0) is 0 Å². The monoisotopic (exact) mass is 805 g/mol. The smallest absolute Gasteiger partial charge is 0.162 e. The van der Waals surface area contributed by atoms with Gasteiger partial charge in [-0.2, -0.15) is 0 Å². The Balaban J connectivity index is 0.920. The summed E-state index contributed by atoms with van der Waals surface area (Å²) in [6.07, 6.45) is 1.82. The number of hydrogen-bond acceptors (Lipinski definition) is 4. The standard InChI is InChI=1S/C57H35N5O/c1-3-13-36(14-4-1)48-35-55(60-57(59-48)37-15-5-2-6-16-37)62-50-22-10-8-20-44(50)46-33-41(25-28-52(46)62)39-18-11-17-38(31-39)40-24-27-51-45(32-40)43-19-7-9-21-49(43)61(51)42-26-29-53-47(34-42)56-54(63-53)23-12-30-58-56/h1-35H. The van der Waals surface area contributed by atoms with E-state index in [-0.39, 0.29) is 0 Å². The van der Waals surface area contributed by atoms with Crippen molar-refractivity contribution in [2.24, 2.45) is 0 Å². The van der Waals surface area contributed by atoms with Crippen molar-refractivity contribution in [2.75, 3.05) is 0 Å². The highest BCUT2D eigenvalue weighted by molar-refractivity contribution is 6.12. The Morgan fingerprint density at radius 1 is 0.349 bits per heavy atom. The van der Waals surface area contributed by atoms with Gasteiger partial charge in [0.15, 0.2) is 11.4 Å². The molecule has 13 aromatic rings. The van der Waals surface area contributed by atoms with E-state index >= 15 is 0 Å². The van der Waals surface area contributed by atoms with Crippen molar-refractivity contribution in [1.29, 1.82) is 0 Å². The van der Waals surface area contributed by atoms with Crippen LogP contribution in [-0.4, -0.2) is 24.1 Å². The van der Waals surface area contributed by atoms with Gasteiger partial charge in [0.05, 0.1) is 27.8 Å². The van der Waals surface area contributed by atoms with Gasteiger partial charge in [-0.1, -0.05) is 127 Å². The minimum atomic E-state index is 0.691. The average Bonchev–Trinajstić information content (AvgIpc) is 4.01. The molecule has 0 aliphatic carbocycles. The Morgan fingerprint density at radius 2 is 0.937 bits per heavy atom. The Morgan fingerprint density at radius 3 is 1.65 bits per heavy atom. The number of fused-ring (bicyclic) bond motifs is 9. The van der Waals surface area contributed by atoms with E-state index in [1.165, 1.54) is 21.5 Å². The van der Waals surface area contributed by atoms with Crippen LogP contribution in [0, 0.1) is 0 Å². The summed E-state index contributed by atoms with van der Waals surface area (Å²) in [5.74, 6) is 1.52. The summed E-state index contributed by atoms with van der Waals surface area (Å²) in [7, 11) is 0. The molecule has 63 heavy (non-hydrogen) atoms. The van der Waals surface area contributed by atoms with Gasteiger partial charge >= 0.3 is 0 Å². The molecule has 6 nitrogen and oxygen atoms in total. The van der Waals surface area contributed by atoms with Crippen LogP contribution in [0.3, 0.4) is 0 Å². The molecule has 0 N–H and O–H groups in total. The molecular formula is C57H35N5O. The number of benzene rings is 8. The molecule has 0 saturated heterocycles. The Kier molecular flexibility index (Phi) is 7.80. The lowest BCUT2D eigenvalue weighted by molar-refractivity contribution is 0.668. The Hall–Kier alpha value is -8.61. The first kappa shape index (κ1) is 35.2. The van der Waals surface area contributed by atoms with E-state index in [1.54, 1.807) is 0 Å². The SMILES string of the molecule is c1ccc(-c2cc(-n3c4ccccc4c4cc(-c5cccc(-c6ccc7c(c6)c6ccccc6n7-c6ccc7oc8cccnc8c7c6)c5)ccc43)nc(-c3ccccc3)n2)cc1. The van der Waals surface area contributed by atoms with E-state index in [9.17, 15) is 0 Å². The van der Waals surface area contributed by atoms with E-state index < -0.39 is 0 Å². The minimum absolute atomic E-state index is 0.691. The van der Waals surface area contributed by atoms with Crippen LogP contribution in [0.1, 0.15) is 0 Å². The summed E-state index contributed by atoms with van der Waals surface area (Å²) in [4.78, 5) is 14.9. The fraction of sp³-hybridized carbons (Fsp3) is 0. The van der Waals surface area contributed by atoms with Crippen LogP contribution in [0.5, 0.6) is 0 Å². The third-order valence-corrected chi connectivity index (χ3v) is 12.4. The highest BCUT2D eigenvalue weighted by Crippen LogP contribution is 2.39. The number of nitrogens with zero attached hydrogens (tertiary/aromatic N) is 5. The van der Waals surface area contributed by atoms with E-state index in [0.29, 0.717) is 5.82 Å². The maximum atomic E-state index is 6.12. The highest BCUT2D eigenvalue weighted by atomic mass is 16.3. The maximum Gasteiger partial charge on any atom is 0.162 e. The maximum absolute atomic E-state index is 6.12. The van der Waals surface area contributed by atoms with Crippen molar-refractivity contribution >= 4 is 65.7 Å². The molecule has 0 spiro atoms. The highest BCUT2D eigenvalue weighted by Gasteiger charge is 2.19. The normalized spacial score (nSPS) is 11.8. The van der Waals surface area contributed by atoms with Crippen LogP contribution in [0.2, 0.25) is 0 Å². The van der Waals surface area contributed by atoms with Crippen molar-refractivity contribution < 1.29 is 4.42 Å². The summed E-state index contributed by atoms with van der Waals surface area (Å²) in [5.41, 5.74) is 15.6. The number of rotatable bonds is 6. The first-order valence-electron chi connectivity index (χ1n) is 21.2. The summed E-state index contributed by atoms with van der Waals surface area (Å²) < 4.78 is 10.8. The van der Waals surface area contributed by atoms with E-state index in [4.69, 9.17) is 14.4 Å². The molecule has 0 fully saturated rings. The van der Waals surface area contributed by atoms with E-state index in [2.05, 4.69) is 184 Å². The number of hydrogen-bond donors (Lipinski definition) is 0. The van der Waals surface area contributed by atoms with Crippen LogP contribution in [0.15, 0.2) is 217 Å². The van der Waals surface area contributed by atoms with Crippen LogP contribution in [0.25, 0.3) is 122 Å². The molecule has 294 valence electrons. The second-order valence-corrected chi connectivity index (χ2v) is 16.0. The van der Waals surface area contributed by atoms with Gasteiger partial charge in [0.2, 0.25) is 0 Å². The predicted molar refractivity (Wildman–Crippen MR) is 258 cm³/mol. The molecule has 0 atom stereocenters. The summed E-state index contributed by atoms with van der Waals surface area (Å²) >= 11 is 0. The van der Waals surface area contributed by atoms with Crippen molar-refractivity contribution in [2.45, 2.75) is 0 Å². The molecule has 6 heteroatoms. The molecule has 13 rings (SSSR count). The van der Waals surface area contributed by atoms with Crippen LogP contribution >= 0.6 is 0 Å². The number of pyridine rings is 1. The van der Waals surface area contributed by atoms with Gasteiger partial charge in [0.25, 0.3) is 0 Å². The van der Waals surface area contributed by atoms with Gasteiger partial charge in [-0.25, -0.2) is 9.97 Å². The molecule has 0 radical (unpaired) electrons. The van der Waals surface area contributed by atoms with Gasteiger partial charge in [-0.15, -0.1) is 0 Å². The van der Waals surface area contributed by atoms with Crippen LogP contribution < -0.4 is 0 Å². The van der Waals surface area contributed by atoms with Gasteiger partial charge in [0, 0.05) is 56.0 Å². The zero-order chi connectivity index (χ0) is 41.4. The van der Waals surface area contributed by atoms with Crippen LogP contribution in [0.4, 0.5) is 0 Å². The fourth-order valence-electron chi connectivity index (χ4n) is 9.46. The van der Waals surface area contributed by atoms with Crippen molar-refractivity contribution in [3.63, 3.8) is 0 Å². The van der Waals surface area contributed by atoms with E-state index in [0.717, 1.165) is 94.7 Å². The lowest BCUT2D eigenvalue weighted by Crippen LogP contribution is -2.02. The predicted octanol–water partition coefficient (Wildman–Crippen LogP) is 14.6. The van der Waals surface area contributed by atoms with Gasteiger partial charge < -0.3 is 8.98 Å². The number of para-hydroxylation sites is 2. The molecule has 5 aromatic heterocycles. The zero-order valence-corrected chi connectivity index (χ0v) is 33.9. The lowest BCUT2D eigenvalue weighted by atomic mass is 9.97. The van der Waals surface area contributed by atoms with Gasteiger partial charge in [-0.05, 0) is 95.1 Å². The largest absolute Gasteiger partial charge is 0.454 e. The summed E-state index contributed by atoms with van der Waals surface area (Å²) in [6, 6.07) is 72.8. The average molecular weight is 806 g/mol. The second kappa shape index (κ2) is 14.0. The molecule has 8 aromatic carbocycles. The molecule has 0 aliphatic rings. The van der Waals surface area contributed by atoms with Gasteiger partial charge in [-0.3, -0.25) is 9.55 Å². The topological polar surface area (TPSA) is 61.7 Å². The fourth-order valence-corrected chi connectivity index (χ4v) is 9.46. The number of furan rings is 1. The van der Waals surface area contributed by atoms with Crippen molar-refractivity contribution in [1.82, 2.24) is 24.1 Å². The quantitative estimate of drug-likeness (QED) is 0.168. The molecular weight excluding hydrogens is 771 g/mol. The molecule has 0 bridgehead atoms. The summed E-state index contributed by atoms with van der Waals surface area (Å²) in [5, 5.41) is 5.76. The molecule has 5 heterocycles. The summed E-state index contributed by atoms with van der Waals surface area (Å²) in [6.45, 7) is 0. The first-order chi connectivity index (χ1) is 31.2. The molecule has 0 unspecified atom stereocenters. The third kappa shape index (κ3) is 5.69. The Bertz CT molecular complexity index is 3860. The third-order valence-electron chi connectivity index (χ3n) is 12.4. The van der Waals surface area contributed by atoms with E-state index in [1.807, 2.05) is 42.6 Å². The molecule has 0 amide bonds. The second-order valence-electron chi connectivity index (χ2n) is 16.0. The minimum Gasteiger partial charge on any atom is -0.454 e.